The third-order valence-electron chi connectivity index (χ3n) is 6.54. The third kappa shape index (κ3) is 5.89. The highest BCUT2D eigenvalue weighted by Gasteiger charge is 2.40. The molecule has 1 amide bonds. The largest absolute Gasteiger partial charge is 0.466 e. The number of carbonyl (C=O) groups excluding carboxylic acids is 2. The fourth-order valence-electron chi connectivity index (χ4n) is 4.65. The third-order valence-corrected chi connectivity index (χ3v) is 6.54. The molecule has 0 bridgehead atoms. The van der Waals surface area contributed by atoms with Crippen LogP contribution in [0, 0.1) is 23.7 Å². The fraction of sp³-hybridized carbons (Fsp3) is 0.625. The molecule has 1 aliphatic heterocycles. The zero-order chi connectivity index (χ0) is 24.9. The maximum Gasteiger partial charge on any atom is 0.302 e. The molecule has 0 radical (unpaired) electrons. The van der Waals surface area contributed by atoms with Gasteiger partial charge in [-0.25, -0.2) is 15.0 Å². The average molecular weight is 485 g/mol. The Morgan fingerprint density at radius 3 is 2.74 bits per heavy atom. The first-order chi connectivity index (χ1) is 16.9. The number of anilines is 1. The quantitative estimate of drug-likeness (QED) is 0.406. The van der Waals surface area contributed by atoms with E-state index in [1.807, 2.05) is 0 Å². The lowest BCUT2D eigenvalue weighted by atomic mass is 9.81. The lowest BCUT2D eigenvalue weighted by molar-refractivity contribution is -0.142. The number of aliphatic hydroxyl groups excluding tert-OH is 1. The number of esters is 1. The van der Waals surface area contributed by atoms with Gasteiger partial charge in [0.05, 0.1) is 19.0 Å². The van der Waals surface area contributed by atoms with Crippen LogP contribution in [0.25, 0.3) is 11.2 Å². The first kappa shape index (κ1) is 24.9. The molecule has 1 aliphatic carbocycles. The number of aliphatic hydroxyl groups is 1. The number of hydrogen-bond acceptors (Lipinski definition) is 9. The Morgan fingerprint density at radius 2 is 2.03 bits per heavy atom. The number of nitrogen functional groups attached to an aromatic ring is 1. The summed E-state index contributed by atoms with van der Waals surface area (Å²) in [5, 5.41) is 13.0. The number of fused-ring (bicyclic) bond motifs is 1. The molecule has 2 aromatic heterocycles. The van der Waals surface area contributed by atoms with Gasteiger partial charge in [-0.15, -0.1) is 0 Å². The molecule has 3 atom stereocenters. The smallest absolute Gasteiger partial charge is 0.302 e. The van der Waals surface area contributed by atoms with Crippen molar-refractivity contribution in [3.63, 3.8) is 0 Å². The molecule has 35 heavy (non-hydrogen) atoms. The van der Waals surface area contributed by atoms with Crippen molar-refractivity contribution >= 4 is 28.9 Å². The summed E-state index contributed by atoms with van der Waals surface area (Å²) in [6.45, 7) is 4.19. The Hall–Kier alpha value is -3.23. The SMILES string of the molecule is CCNC(=O)[C@H]1O[C@@H](n2cnc3c(N)nc(C#CCC4CCC(COC(C)=O)CC4)nc32)CC1O. The van der Waals surface area contributed by atoms with E-state index < -0.39 is 18.4 Å². The van der Waals surface area contributed by atoms with Gasteiger partial charge in [0, 0.05) is 26.3 Å². The minimum atomic E-state index is -0.958. The van der Waals surface area contributed by atoms with Crippen LogP contribution in [0.2, 0.25) is 0 Å². The predicted molar refractivity (Wildman–Crippen MR) is 127 cm³/mol. The normalized spacial score (nSPS) is 26.2. The molecule has 0 spiro atoms. The number of nitrogens with zero attached hydrogens (tertiary/aromatic N) is 4. The number of imidazole rings is 1. The van der Waals surface area contributed by atoms with Gasteiger partial charge in [-0.1, -0.05) is 5.92 Å². The molecule has 2 fully saturated rings. The average Bonchev–Trinajstić information content (AvgIpc) is 3.42. The van der Waals surface area contributed by atoms with E-state index in [4.69, 9.17) is 15.2 Å². The van der Waals surface area contributed by atoms with E-state index in [0.717, 1.165) is 32.1 Å². The zero-order valence-corrected chi connectivity index (χ0v) is 20.1. The van der Waals surface area contributed by atoms with Crippen LogP contribution in [0.1, 0.15) is 64.4 Å². The number of rotatable bonds is 6. The maximum atomic E-state index is 12.2. The lowest BCUT2D eigenvalue weighted by Gasteiger charge is -2.26. The van der Waals surface area contributed by atoms with E-state index in [9.17, 15) is 14.7 Å². The Kier molecular flexibility index (Phi) is 7.83. The monoisotopic (exact) mass is 484 g/mol. The molecule has 188 valence electrons. The number of likely N-dealkylation sites (N-methyl/N-ethyl adjacent to an activating group) is 1. The molecule has 1 saturated heterocycles. The summed E-state index contributed by atoms with van der Waals surface area (Å²) >= 11 is 0. The molecule has 1 unspecified atom stereocenters. The summed E-state index contributed by atoms with van der Waals surface area (Å²) < 4.78 is 12.6. The van der Waals surface area contributed by atoms with Crippen LogP contribution in [0.15, 0.2) is 6.33 Å². The van der Waals surface area contributed by atoms with Crippen LogP contribution in [0.3, 0.4) is 0 Å². The second kappa shape index (κ2) is 11.0. The molecular formula is C24H32N6O5. The standard InChI is InChI=1S/C24H32N6O5/c1-3-26-24(33)21-17(32)11-19(35-21)30-13-27-20-22(25)28-18(29-23(20)30)6-4-5-15-7-9-16(10-8-15)12-34-14(2)31/h13,15-17,19,21,32H,3,5,7-12H2,1-2H3,(H,26,33)(H2,25,28,29)/t15?,16?,17?,19-,21+/m1/s1. The molecule has 4 N–H and O–H groups in total. The highest BCUT2D eigenvalue weighted by atomic mass is 16.5. The van der Waals surface area contributed by atoms with Gasteiger partial charge in [0.1, 0.15) is 11.7 Å². The molecule has 2 aromatic rings. The van der Waals surface area contributed by atoms with E-state index in [-0.39, 0.29) is 24.1 Å². The van der Waals surface area contributed by atoms with Crippen molar-refractivity contribution in [2.75, 3.05) is 18.9 Å². The molecule has 4 rings (SSSR count). The molecule has 3 heterocycles. The van der Waals surface area contributed by atoms with E-state index in [1.165, 1.54) is 13.3 Å². The van der Waals surface area contributed by atoms with Crippen LogP contribution >= 0.6 is 0 Å². The molecule has 1 saturated carbocycles. The Balaban J connectivity index is 1.41. The van der Waals surface area contributed by atoms with Crippen LogP contribution in [0.4, 0.5) is 5.82 Å². The van der Waals surface area contributed by atoms with Gasteiger partial charge in [-0.3, -0.25) is 14.2 Å². The summed E-state index contributed by atoms with van der Waals surface area (Å²) in [5.41, 5.74) is 6.97. The molecule has 11 nitrogen and oxygen atoms in total. The van der Waals surface area contributed by atoms with Gasteiger partial charge in [-0.05, 0) is 50.4 Å². The summed E-state index contributed by atoms with van der Waals surface area (Å²) in [6, 6.07) is 0. The van der Waals surface area contributed by atoms with Gasteiger partial charge in [0.25, 0.3) is 5.91 Å². The minimum absolute atomic E-state index is 0.211. The number of nitrogens with two attached hydrogens (primary N) is 1. The van der Waals surface area contributed by atoms with Crippen LogP contribution in [-0.4, -0.2) is 61.9 Å². The van der Waals surface area contributed by atoms with Crippen LogP contribution in [-0.2, 0) is 19.1 Å². The Bertz CT molecular complexity index is 1130. The highest BCUT2D eigenvalue weighted by Crippen LogP contribution is 2.32. The van der Waals surface area contributed by atoms with Crippen LogP contribution in [0.5, 0.6) is 0 Å². The first-order valence-electron chi connectivity index (χ1n) is 12.1. The summed E-state index contributed by atoms with van der Waals surface area (Å²) in [7, 11) is 0. The molecule has 0 aromatic carbocycles. The number of nitrogens with one attached hydrogen (secondary N) is 1. The molecular weight excluding hydrogens is 452 g/mol. The highest BCUT2D eigenvalue weighted by molar-refractivity contribution is 5.83. The van der Waals surface area contributed by atoms with Crippen molar-refractivity contribution in [1.29, 1.82) is 0 Å². The maximum absolute atomic E-state index is 12.2. The van der Waals surface area contributed by atoms with Crippen molar-refractivity contribution in [3.8, 4) is 11.8 Å². The second-order valence-corrected chi connectivity index (χ2v) is 9.16. The number of amides is 1. The van der Waals surface area contributed by atoms with E-state index in [1.54, 1.807) is 11.5 Å². The number of carbonyl (C=O) groups is 2. The second-order valence-electron chi connectivity index (χ2n) is 9.16. The first-order valence-corrected chi connectivity index (χ1v) is 12.1. The van der Waals surface area contributed by atoms with Crippen molar-refractivity contribution in [2.45, 2.75) is 70.8 Å². The number of aromatic nitrogens is 4. The van der Waals surface area contributed by atoms with Crippen LogP contribution < -0.4 is 11.1 Å². The van der Waals surface area contributed by atoms with E-state index in [0.29, 0.717) is 42.0 Å². The van der Waals surface area contributed by atoms with Crippen molar-refractivity contribution < 1.29 is 24.2 Å². The summed E-state index contributed by atoms with van der Waals surface area (Å²) in [4.78, 5) is 36.3. The lowest BCUT2D eigenvalue weighted by Crippen LogP contribution is -2.40. The van der Waals surface area contributed by atoms with E-state index >= 15 is 0 Å². The van der Waals surface area contributed by atoms with Gasteiger partial charge in [-0.2, -0.15) is 0 Å². The zero-order valence-electron chi connectivity index (χ0n) is 20.1. The van der Waals surface area contributed by atoms with E-state index in [2.05, 4.69) is 32.1 Å². The fourth-order valence-corrected chi connectivity index (χ4v) is 4.65. The van der Waals surface area contributed by atoms with Gasteiger partial charge in [0.2, 0.25) is 5.82 Å². The summed E-state index contributed by atoms with van der Waals surface area (Å²) in [6.07, 6.45) is 4.11. The molecule has 2 aliphatic rings. The van der Waals surface area contributed by atoms with Gasteiger partial charge in [0.15, 0.2) is 17.6 Å². The number of hydrogen-bond donors (Lipinski definition) is 3. The Morgan fingerprint density at radius 1 is 1.29 bits per heavy atom. The topological polar surface area (TPSA) is 154 Å². The summed E-state index contributed by atoms with van der Waals surface area (Å²) in [5.74, 6) is 7.04. The minimum Gasteiger partial charge on any atom is -0.466 e. The van der Waals surface area contributed by atoms with Crippen molar-refractivity contribution in [2.24, 2.45) is 11.8 Å². The van der Waals surface area contributed by atoms with Crippen molar-refractivity contribution in [3.05, 3.63) is 12.2 Å². The Labute approximate surface area is 203 Å². The number of ether oxygens (including phenoxy) is 2. The predicted octanol–water partition coefficient (Wildman–Crippen LogP) is 1.30. The molecule has 11 heteroatoms. The van der Waals surface area contributed by atoms with Crippen molar-refractivity contribution in [1.82, 2.24) is 24.8 Å². The van der Waals surface area contributed by atoms with Gasteiger partial charge >= 0.3 is 5.97 Å². The van der Waals surface area contributed by atoms with Gasteiger partial charge < -0.3 is 25.6 Å².